The summed E-state index contributed by atoms with van der Waals surface area (Å²) in [5.74, 6) is -1.09. The Morgan fingerprint density at radius 2 is 1.96 bits per heavy atom. The van der Waals surface area contributed by atoms with Crippen LogP contribution in [0.5, 0.6) is 0 Å². The first kappa shape index (κ1) is 17.6. The van der Waals surface area contributed by atoms with Gasteiger partial charge in [-0.15, -0.1) is 0 Å². The lowest BCUT2D eigenvalue weighted by Gasteiger charge is -2.33. The van der Waals surface area contributed by atoms with Gasteiger partial charge >= 0.3 is 5.97 Å². The maximum Gasteiger partial charge on any atom is 0.307 e. The van der Waals surface area contributed by atoms with Crippen LogP contribution in [0, 0.1) is 18.8 Å². The van der Waals surface area contributed by atoms with Gasteiger partial charge in [0.1, 0.15) is 12.0 Å². The van der Waals surface area contributed by atoms with E-state index in [1.54, 1.807) is 19.1 Å². The average molecular weight is 364 g/mol. The van der Waals surface area contributed by atoms with E-state index in [9.17, 15) is 18.3 Å². The zero-order valence-corrected chi connectivity index (χ0v) is 14.9. The van der Waals surface area contributed by atoms with Gasteiger partial charge < -0.3 is 9.52 Å². The van der Waals surface area contributed by atoms with Crippen LogP contribution in [0.3, 0.4) is 0 Å². The van der Waals surface area contributed by atoms with Crippen LogP contribution in [0.4, 0.5) is 0 Å². The lowest BCUT2D eigenvalue weighted by Crippen LogP contribution is -2.45. The van der Waals surface area contributed by atoms with Gasteiger partial charge in [-0.05, 0) is 24.5 Å². The van der Waals surface area contributed by atoms with Crippen LogP contribution >= 0.6 is 0 Å². The molecule has 1 aromatic heterocycles. The molecule has 2 heterocycles. The fourth-order valence-electron chi connectivity index (χ4n) is 3.12. The highest BCUT2D eigenvalue weighted by molar-refractivity contribution is 7.89. The van der Waals surface area contributed by atoms with Crippen molar-refractivity contribution in [2.24, 2.45) is 11.8 Å². The molecule has 1 aromatic carbocycles. The number of carboxylic acids is 1. The third-order valence-corrected chi connectivity index (χ3v) is 6.23. The predicted octanol–water partition coefficient (Wildman–Crippen LogP) is 2.38. The van der Waals surface area contributed by atoms with Crippen LogP contribution < -0.4 is 0 Å². The number of benzene rings is 1. The van der Waals surface area contributed by atoms with Crippen molar-refractivity contribution in [3.05, 3.63) is 36.4 Å². The largest absolute Gasteiger partial charge is 0.481 e. The van der Waals surface area contributed by atoms with Crippen LogP contribution in [0.25, 0.3) is 11.3 Å². The van der Waals surface area contributed by atoms with E-state index in [1.807, 2.05) is 6.92 Å². The highest BCUT2D eigenvalue weighted by Crippen LogP contribution is 2.28. The van der Waals surface area contributed by atoms with Crippen molar-refractivity contribution in [2.45, 2.75) is 25.2 Å². The minimum atomic E-state index is -3.73. The van der Waals surface area contributed by atoms with Gasteiger partial charge in [-0.2, -0.15) is 4.31 Å². The molecule has 0 radical (unpaired) electrons. The second-order valence-electron chi connectivity index (χ2n) is 6.47. The summed E-state index contributed by atoms with van der Waals surface area (Å²) in [6.45, 7) is 3.94. The number of aliphatic carboxylic acids is 1. The molecule has 7 nitrogen and oxygen atoms in total. The van der Waals surface area contributed by atoms with E-state index in [-0.39, 0.29) is 17.4 Å². The smallest absolute Gasteiger partial charge is 0.307 e. The highest BCUT2D eigenvalue weighted by atomic mass is 32.2. The molecule has 1 saturated heterocycles. The Hall–Kier alpha value is -2.19. The van der Waals surface area contributed by atoms with Crippen molar-refractivity contribution < 1.29 is 22.7 Å². The third-order valence-electron chi connectivity index (χ3n) is 4.38. The Balaban J connectivity index is 1.85. The lowest BCUT2D eigenvalue weighted by atomic mass is 9.92. The Morgan fingerprint density at radius 3 is 2.52 bits per heavy atom. The predicted molar refractivity (Wildman–Crippen MR) is 90.3 cm³/mol. The fourth-order valence-corrected chi connectivity index (χ4v) is 4.73. The molecule has 1 N–H and O–H groups in total. The van der Waals surface area contributed by atoms with Gasteiger partial charge in [0.2, 0.25) is 10.0 Å². The molecule has 134 valence electrons. The van der Waals surface area contributed by atoms with Gasteiger partial charge in [0.05, 0.1) is 10.8 Å². The number of carboxylic acid groups (broad SMARTS) is 1. The molecule has 0 bridgehead atoms. The van der Waals surface area contributed by atoms with Crippen LogP contribution in [0.15, 0.2) is 39.8 Å². The molecule has 1 aliphatic rings. The molecule has 0 amide bonds. The maximum absolute atomic E-state index is 12.9. The first-order chi connectivity index (χ1) is 11.8. The minimum absolute atomic E-state index is 0.00186. The Labute approximate surface area is 146 Å². The maximum atomic E-state index is 12.9. The Morgan fingerprint density at radius 1 is 1.28 bits per heavy atom. The van der Waals surface area contributed by atoms with Crippen molar-refractivity contribution in [1.82, 2.24) is 9.29 Å². The van der Waals surface area contributed by atoms with Crippen LogP contribution in [0.2, 0.25) is 0 Å². The molecular weight excluding hydrogens is 344 g/mol. The number of hydrogen-bond acceptors (Lipinski definition) is 5. The van der Waals surface area contributed by atoms with Crippen molar-refractivity contribution in [1.29, 1.82) is 0 Å². The minimum Gasteiger partial charge on any atom is -0.481 e. The van der Waals surface area contributed by atoms with Gasteiger partial charge in [0.25, 0.3) is 0 Å². The fraction of sp³-hybridized carbons (Fsp3) is 0.412. The quantitative estimate of drug-likeness (QED) is 0.894. The molecule has 8 heteroatoms. The van der Waals surface area contributed by atoms with Crippen LogP contribution in [0.1, 0.15) is 19.2 Å². The van der Waals surface area contributed by atoms with E-state index in [2.05, 4.69) is 4.98 Å². The van der Waals surface area contributed by atoms with Crippen molar-refractivity contribution in [3.63, 3.8) is 0 Å². The molecule has 2 unspecified atom stereocenters. The summed E-state index contributed by atoms with van der Waals surface area (Å²) in [7, 11) is -3.73. The van der Waals surface area contributed by atoms with E-state index in [1.165, 1.54) is 22.7 Å². The van der Waals surface area contributed by atoms with Crippen LogP contribution in [-0.2, 0) is 14.8 Å². The molecular formula is C17H20N2O5S. The summed E-state index contributed by atoms with van der Waals surface area (Å²) in [6, 6.07) is 6.38. The Bertz CT molecular complexity index is 873. The summed E-state index contributed by atoms with van der Waals surface area (Å²) in [5, 5.41) is 9.24. The highest BCUT2D eigenvalue weighted by Gasteiger charge is 2.36. The first-order valence-electron chi connectivity index (χ1n) is 8.03. The lowest BCUT2D eigenvalue weighted by molar-refractivity contribution is -0.143. The molecule has 2 atom stereocenters. The average Bonchev–Trinajstić information content (AvgIpc) is 3.01. The monoisotopic (exact) mass is 364 g/mol. The number of carbonyl (C=O) groups is 1. The third kappa shape index (κ3) is 3.59. The van der Waals surface area contributed by atoms with Gasteiger partial charge in [-0.1, -0.05) is 19.1 Å². The molecule has 1 aliphatic heterocycles. The summed E-state index contributed by atoms with van der Waals surface area (Å²) >= 11 is 0. The SMILES string of the molecule is Cc1nc(-c2ccc(S(=O)(=O)N3CC(C)CC(C(=O)O)C3)cc2)co1. The van der Waals surface area contributed by atoms with Crippen molar-refractivity contribution in [2.75, 3.05) is 13.1 Å². The molecule has 0 spiro atoms. The van der Waals surface area contributed by atoms with Gasteiger partial charge in [-0.3, -0.25) is 4.79 Å². The normalized spacial score (nSPS) is 22.0. The number of piperidine rings is 1. The summed E-state index contributed by atoms with van der Waals surface area (Å²) < 4.78 is 32.1. The number of aromatic nitrogens is 1. The second kappa shape index (κ2) is 6.61. The summed E-state index contributed by atoms with van der Waals surface area (Å²) in [6.07, 6.45) is 2.01. The Kier molecular flexibility index (Phi) is 4.66. The van der Waals surface area contributed by atoms with Gasteiger partial charge in [0.15, 0.2) is 5.89 Å². The zero-order chi connectivity index (χ0) is 18.2. The second-order valence-corrected chi connectivity index (χ2v) is 8.41. The number of nitrogens with zero attached hydrogens (tertiary/aromatic N) is 2. The molecule has 2 aromatic rings. The number of hydrogen-bond donors (Lipinski definition) is 1. The molecule has 0 saturated carbocycles. The number of rotatable bonds is 4. The van der Waals surface area contributed by atoms with Gasteiger partial charge in [-0.25, -0.2) is 13.4 Å². The van der Waals surface area contributed by atoms with Crippen molar-refractivity contribution in [3.8, 4) is 11.3 Å². The number of oxazole rings is 1. The summed E-state index contributed by atoms with van der Waals surface area (Å²) in [5.41, 5.74) is 1.39. The van der Waals surface area contributed by atoms with E-state index in [0.717, 1.165) is 5.56 Å². The summed E-state index contributed by atoms with van der Waals surface area (Å²) in [4.78, 5) is 15.6. The zero-order valence-electron chi connectivity index (χ0n) is 14.0. The molecule has 25 heavy (non-hydrogen) atoms. The first-order valence-corrected chi connectivity index (χ1v) is 9.47. The topological polar surface area (TPSA) is 101 Å². The molecule has 1 fully saturated rings. The number of sulfonamides is 1. The van der Waals surface area contributed by atoms with E-state index in [4.69, 9.17) is 4.42 Å². The van der Waals surface area contributed by atoms with E-state index < -0.39 is 21.9 Å². The molecule has 0 aliphatic carbocycles. The standard InChI is InChI=1S/C17H20N2O5S/c1-11-7-14(17(20)21)9-19(8-11)25(22,23)15-5-3-13(4-6-15)16-10-24-12(2)18-16/h3-6,10-11,14H,7-9H2,1-2H3,(H,20,21). The van der Waals surface area contributed by atoms with Gasteiger partial charge in [0, 0.05) is 25.6 Å². The number of aryl methyl sites for hydroxylation is 1. The van der Waals surface area contributed by atoms with E-state index >= 15 is 0 Å². The molecule has 3 rings (SSSR count). The van der Waals surface area contributed by atoms with Crippen LogP contribution in [-0.4, -0.2) is 41.9 Å². The van der Waals surface area contributed by atoms with Crippen molar-refractivity contribution >= 4 is 16.0 Å². The van der Waals surface area contributed by atoms with E-state index in [0.29, 0.717) is 24.6 Å².